The number of hydrogen-bond acceptors (Lipinski definition) is 3. The smallest absolute Gasteiger partial charge is 0.411 e. The van der Waals surface area contributed by atoms with Crippen LogP contribution in [0.25, 0.3) is 0 Å². The fourth-order valence-corrected chi connectivity index (χ4v) is 2.08. The lowest BCUT2D eigenvalue weighted by Crippen LogP contribution is -2.56. The molecule has 0 spiro atoms. The number of alkyl halides is 1. The van der Waals surface area contributed by atoms with Crippen LogP contribution < -0.4 is 10.6 Å². The molecule has 0 aromatic rings. The zero-order chi connectivity index (χ0) is 15.2. The summed E-state index contributed by atoms with van der Waals surface area (Å²) in [6.07, 6.45) is 1.90. The monoisotopic (exact) mass is 305 g/mol. The fourth-order valence-electron chi connectivity index (χ4n) is 1.98. The molecule has 0 aliphatic carbocycles. The third-order valence-electron chi connectivity index (χ3n) is 2.81. The lowest BCUT2D eigenvalue weighted by Gasteiger charge is -2.36. The molecule has 116 valence electrons. The number of rotatable bonds is 3. The second kappa shape index (κ2) is 7.57. The van der Waals surface area contributed by atoms with Crippen LogP contribution in [0, 0.1) is 0 Å². The van der Waals surface area contributed by atoms with Gasteiger partial charge in [0.15, 0.2) is 0 Å². The molecule has 1 unspecified atom stereocenters. The topological polar surface area (TPSA) is 70.7 Å². The van der Waals surface area contributed by atoms with Crippen molar-refractivity contribution < 1.29 is 14.3 Å². The van der Waals surface area contributed by atoms with Gasteiger partial charge in [0, 0.05) is 19.0 Å². The number of urea groups is 1. The summed E-state index contributed by atoms with van der Waals surface area (Å²) in [5.74, 6) is 0.355. The molecule has 1 saturated heterocycles. The molecule has 0 aromatic heterocycles. The van der Waals surface area contributed by atoms with Crippen LogP contribution in [-0.4, -0.2) is 47.8 Å². The van der Waals surface area contributed by atoms with Crippen LogP contribution in [0.5, 0.6) is 0 Å². The van der Waals surface area contributed by atoms with E-state index in [1.165, 1.54) is 0 Å². The van der Waals surface area contributed by atoms with E-state index in [2.05, 4.69) is 10.6 Å². The summed E-state index contributed by atoms with van der Waals surface area (Å²) in [6.45, 7) is 6.46. The summed E-state index contributed by atoms with van der Waals surface area (Å²) < 4.78 is 5.36. The van der Waals surface area contributed by atoms with Gasteiger partial charge in [-0.15, -0.1) is 11.6 Å². The lowest BCUT2D eigenvalue weighted by atomic mass is 10.1. The minimum Gasteiger partial charge on any atom is -0.444 e. The highest BCUT2D eigenvalue weighted by molar-refractivity contribution is 6.18. The molecule has 0 radical (unpaired) electrons. The number of carbonyl (C=O) groups is 2. The third-order valence-corrected chi connectivity index (χ3v) is 3.00. The van der Waals surface area contributed by atoms with Crippen molar-refractivity contribution in [1.29, 1.82) is 0 Å². The van der Waals surface area contributed by atoms with Gasteiger partial charge in [0.25, 0.3) is 0 Å². The van der Waals surface area contributed by atoms with Crippen molar-refractivity contribution in [3.8, 4) is 0 Å². The quantitative estimate of drug-likeness (QED) is 0.786. The fraction of sp³-hybridized carbons (Fsp3) is 0.846. The predicted octanol–water partition coefficient (Wildman–Crippen LogP) is 2.27. The first-order chi connectivity index (χ1) is 9.33. The van der Waals surface area contributed by atoms with Crippen molar-refractivity contribution in [3.05, 3.63) is 0 Å². The third kappa shape index (κ3) is 5.86. The van der Waals surface area contributed by atoms with Gasteiger partial charge in [-0.2, -0.15) is 0 Å². The van der Waals surface area contributed by atoms with E-state index in [0.717, 1.165) is 19.3 Å². The molecule has 1 atom stereocenters. The number of piperidine rings is 1. The van der Waals surface area contributed by atoms with E-state index in [1.54, 1.807) is 4.90 Å². The molecule has 20 heavy (non-hydrogen) atoms. The molecule has 0 saturated carbocycles. The Hall–Kier alpha value is -1.17. The lowest BCUT2D eigenvalue weighted by molar-refractivity contribution is 0.00718. The van der Waals surface area contributed by atoms with Crippen LogP contribution >= 0.6 is 11.6 Å². The first-order valence-corrected chi connectivity index (χ1v) is 7.47. The van der Waals surface area contributed by atoms with Crippen LogP contribution in [0.3, 0.4) is 0 Å². The average Bonchev–Trinajstić information content (AvgIpc) is 2.35. The number of amides is 3. The van der Waals surface area contributed by atoms with E-state index in [4.69, 9.17) is 16.3 Å². The number of likely N-dealkylation sites (tertiary alicyclic amines) is 1. The molecule has 1 aliphatic rings. The second-order valence-corrected chi connectivity index (χ2v) is 6.15. The van der Waals surface area contributed by atoms with Gasteiger partial charge in [0.1, 0.15) is 11.8 Å². The molecule has 1 aliphatic heterocycles. The van der Waals surface area contributed by atoms with Gasteiger partial charge in [0.05, 0.1) is 0 Å². The zero-order valence-corrected chi connectivity index (χ0v) is 13.1. The Labute approximate surface area is 125 Å². The summed E-state index contributed by atoms with van der Waals surface area (Å²) in [7, 11) is 0. The van der Waals surface area contributed by atoms with Crippen molar-refractivity contribution in [2.75, 3.05) is 19.0 Å². The SMILES string of the molecule is CC(C)(C)OC(=O)N1CCCCC1NC(=O)NCCCl. The van der Waals surface area contributed by atoms with Crippen molar-refractivity contribution in [1.82, 2.24) is 15.5 Å². The minimum absolute atomic E-state index is 0.314. The number of halogens is 1. The molecule has 1 heterocycles. The number of hydrogen-bond donors (Lipinski definition) is 2. The van der Waals surface area contributed by atoms with E-state index in [9.17, 15) is 9.59 Å². The number of ether oxygens (including phenoxy) is 1. The number of nitrogens with one attached hydrogen (secondary N) is 2. The van der Waals surface area contributed by atoms with E-state index in [-0.39, 0.29) is 18.3 Å². The van der Waals surface area contributed by atoms with Gasteiger partial charge in [-0.3, -0.25) is 4.90 Å². The molecule has 0 aromatic carbocycles. The highest BCUT2D eigenvalue weighted by atomic mass is 35.5. The molecule has 6 nitrogen and oxygen atoms in total. The Morgan fingerprint density at radius 2 is 2.05 bits per heavy atom. The van der Waals surface area contributed by atoms with Crippen molar-refractivity contribution >= 4 is 23.7 Å². The maximum atomic E-state index is 12.1. The van der Waals surface area contributed by atoms with Crippen LogP contribution in [-0.2, 0) is 4.74 Å². The van der Waals surface area contributed by atoms with Gasteiger partial charge in [-0.05, 0) is 40.0 Å². The van der Waals surface area contributed by atoms with Gasteiger partial charge < -0.3 is 15.4 Å². The Bertz CT molecular complexity index is 344. The van der Waals surface area contributed by atoms with Crippen molar-refractivity contribution in [2.24, 2.45) is 0 Å². The maximum Gasteiger partial charge on any atom is 0.411 e. The molecular formula is C13H24ClN3O3. The van der Waals surface area contributed by atoms with Gasteiger partial charge >= 0.3 is 12.1 Å². The second-order valence-electron chi connectivity index (χ2n) is 5.77. The highest BCUT2D eigenvalue weighted by Crippen LogP contribution is 2.18. The summed E-state index contributed by atoms with van der Waals surface area (Å²) in [5.41, 5.74) is -0.542. The van der Waals surface area contributed by atoms with Gasteiger partial charge in [-0.1, -0.05) is 0 Å². The largest absolute Gasteiger partial charge is 0.444 e. The minimum atomic E-state index is -0.542. The van der Waals surface area contributed by atoms with Gasteiger partial charge in [-0.25, -0.2) is 9.59 Å². The predicted molar refractivity (Wildman–Crippen MR) is 77.8 cm³/mol. The molecule has 2 N–H and O–H groups in total. The number of carbonyl (C=O) groups excluding carboxylic acids is 2. The van der Waals surface area contributed by atoms with Crippen LogP contribution in [0.4, 0.5) is 9.59 Å². The molecule has 1 rings (SSSR count). The zero-order valence-electron chi connectivity index (χ0n) is 12.4. The van der Waals surface area contributed by atoms with E-state index < -0.39 is 5.60 Å². The average molecular weight is 306 g/mol. The maximum absolute atomic E-state index is 12.1. The summed E-state index contributed by atoms with van der Waals surface area (Å²) in [4.78, 5) is 25.4. The summed E-state index contributed by atoms with van der Waals surface area (Å²) in [5, 5.41) is 5.41. The Morgan fingerprint density at radius 3 is 2.65 bits per heavy atom. The first-order valence-electron chi connectivity index (χ1n) is 6.93. The Morgan fingerprint density at radius 1 is 1.35 bits per heavy atom. The standard InChI is InChI=1S/C13H24ClN3O3/c1-13(2,3)20-12(19)17-9-5-4-6-10(17)16-11(18)15-8-7-14/h10H,4-9H2,1-3H3,(H2,15,16,18). The normalized spacial score (nSPS) is 19.4. The van der Waals surface area contributed by atoms with E-state index in [1.807, 2.05) is 20.8 Å². The van der Waals surface area contributed by atoms with Crippen LogP contribution in [0.2, 0.25) is 0 Å². The van der Waals surface area contributed by atoms with Crippen molar-refractivity contribution in [3.63, 3.8) is 0 Å². The van der Waals surface area contributed by atoms with Crippen molar-refractivity contribution in [2.45, 2.75) is 51.8 Å². The van der Waals surface area contributed by atoms with E-state index >= 15 is 0 Å². The Balaban J connectivity index is 2.57. The summed E-state index contributed by atoms with van der Waals surface area (Å²) >= 11 is 5.51. The molecule has 3 amide bonds. The van der Waals surface area contributed by atoms with Gasteiger partial charge in [0.2, 0.25) is 0 Å². The molecule has 0 bridgehead atoms. The van der Waals surface area contributed by atoms with Crippen LogP contribution in [0.1, 0.15) is 40.0 Å². The first kappa shape index (κ1) is 16.9. The highest BCUT2D eigenvalue weighted by Gasteiger charge is 2.31. The number of nitrogens with zero attached hydrogens (tertiary/aromatic N) is 1. The molecule has 1 fully saturated rings. The Kier molecular flexibility index (Phi) is 6.39. The van der Waals surface area contributed by atoms with Crippen LogP contribution in [0.15, 0.2) is 0 Å². The molecular weight excluding hydrogens is 282 g/mol. The van der Waals surface area contributed by atoms with E-state index in [0.29, 0.717) is 19.0 Å². The summed E-state index contributed by atoms with van der Waals surface area (Å²) in [6, 6.07) is -0.314. The molecule has 7 heteroatoms.